The summed E-state index contributed by atoms with van der Waals surface area (Å²) in [7, 11) is 1.69. The van der Waals surface area contributed by atoms with Crippen LogP contribution in [0.25, 0.3) is 22.4 Å². The van der Waals surface area contributed by atoms with Crippen LogP contribution >= 0.6 is 0 Å². The van der Waals surface area contributed by atoms with Crippen molar-refractivity contribution in [2.45, 2.75) is 32.6 Å². The maximum Gasteiger partial charge on any atom is 0.350 e. The molecule has 0 radical (unpaired) electrons. The average Bonchev–Trinajstić information content (AvgIpc) is 2.91. The van der Waals surface area contributed by atoms with Gasteiger partial charge in [-0.2, -0.15) is 4.98 Å². The average molecular weight is 296 g/mol. The highest BCUT2D eigenvalue weighted by Gasteiger charge is 2.09. The van der Waals surface area contributed by atoms with Gasteiger partial charge in [-0.1, -0.05) is 44.0 Å². The third-order valence-electron chi connectivity index (χ3n) is 3.88. The van der Waals surface area contributed by atoms with Gasteiger partial charge in [-0.15, -0.1) is 0 Å². The molecule has 0 saturated carbocycles. The molecule has 3 rings (SSSR count). The Balaban J connectivity index is 1.86. The number of unbranched alkanes of at least 4 members (excludes halogenated alkanes) is 2. The van der Waals surface area contributed by atoms with Gasteiger partial charge in [-0.05, 0) is 24.5 Å². The van der Waals surface area contributed by atoms with Crippen LogP contribution < -0.4 is 5.69 Å². The van der Waals surface area contributed by atoms with Crippen molar-refractivity contribution in [1.29, 1.82) is 0 Å². The molecule has 0 atom stereocenters. The first-order chi connectivity index (χ1) is 10.7. The summed E-state index contributed by atoms with van der Waals surface area (Å²) in [4.78, 5) is 15.5. The van der Waals surface area contributed by atoms with Crippen molar-refractivity contribution in [3.05, 3.63) is 52.6 Å². The number of benzene rings is 1. The van der Waals surface area contributed by atoms with E-state index in [4.69, 9.17) is 4.42 Å². The molecule has 3 aromatic rings. The number of hydrogen-bond donors (Lipinski definition) is 0. The number of furan rings is 1. The van der Waals surface area contributed by atoms with Crippen LogP contribution in [0.15, 0.2) is 45.7 Å². The van der Waals surface area contributed by atoms with E-state index in [1.165, 1.54) is 29.4 Å². The summed E-state index contributed by atoms with van der Waals surface area (Å²) in [5.41, 5.74) is 2.44. The van der Waals surface area contributed by atoms with Gasteiger partial charge in [0.05, 0.1) is 5.39 Å². The van der Waals surface area contributed by atoms with Crippen molar-refractivity contribution in [1.82, 2.24) is 9.55 Å². The molecule has 22 heavy (non-hydrogen) atoms. The molecule has 0 fully saturated rings. The zero-order valence-corrected chi connectivity index (χ0v) is 13.0. The summed E-state index contributed by atoms with van der Waals surface area (Å²) in [6, 6.07) is 10.3. The van der Waals surface area contributed by atoms with E-state index >= 15 is 0 Å². The second-order valence-corrected chi connectivity index (χ2v) is 5.66. The Labute approximate surface area is 129 Å². The Morgan fingerprint density at radius 1 is 1.18 bits per heavy atom. The fourth-order valence-corrected chi connectivity index (χ4v) is 2.56. The predicted octanol–water partition coefficient (Wildman–Crippen LogP) is 3.93. The lowest BCUT2D eigenvalue weighted by Gasteiger charge is -2.02. The van der Waals surface area contributed by atoms with Gasteiger partial charge in [-0.3, -0.25) is 0 Å². The smallest absolute Gasteiger partial charge is 0.350 e. The van der Waals surface area contributed by atoms with Crippen LogP contribution in [0.3, 0.4) is 0 Å². The van der Waals surface area contributed by atoms with Crippen molar-refractivity contribution in [2.75, 3.05) is 0 Å². The topological polar surface area (TPSA) is 48.0 Å². The molecule has 0 bridgehead atoms. The van der Waals surface area contributed by atoms with Crippen LogP contribution in [-0.4, -0.2) is 9.55 Å². The van der Waals surface area contributed by atoms with Gasteiger partial charge >= 0.3 is 5.69 Å². The Kier molecular flexibility index (Phi) is 4.09. The van der Waals surface area contributed by atoms with Gasteiger partial charge in [0.2, 0.25) is 5.71 Å². The lowest BCUT2D eigenvalue weighted by molar-refractivity contribution is 0.611. The number of rotatable bonds is 5. The Morgan fingerprint density at radius 2 is 1.95 bits per heavy atom. The van der Waals surface area contributed by atoms with E-state index < -0.39 is 0 Å². The first-order valence-electron chi connectivity index (χ1n) is 7.74. The summed E-state index contributed by atoms with van der Waals surface area (Å²) >= 11 is 0. The maximum absolute atomic E-state index is 11.5. The molecule has 4 heteroatoms. The van der Waals surface area contributed by atoms with Crippen LogP contribution in [0.1, 0.15) is 31.7 Å². The van der Waals surface area contributed by atoms with E-state index in [0.717, 1.165) is 23.1 Å². The lowest BCUT2D eigenvalue weighted by atomic mass is 10.0. The van der Waals surface area contributed by atoms with Gasteiger partial charge in [-0.25, -0.2) is 4.79 Å². The molecule has 0 amide bonds. The zero-order valence-electron chi connectivity index (χ0n) is 13.0. The molecule has 0 aliphatic carbocycles. The van der Waals surface area contributed by atoms with Gasteiger partial charge in [0.15, 0.2) is 0 Å². The van der Waals surface area contributed by atoms with Crippen LogP contribution in [-0.2, 0) is 13.5 Å². The first-order valence-corrected chi connectivity index (χ1v) is 7.74. The highest BCUT2D eigenvalue weighted by molar-refractivity contribution is 5.79. The van der Waals surface area contributed by atoms with E-state index in [2.05, 4.69) is 36.2 Å². The highest BCUT2D eigenvalue weighted by atomic mass is 16.3. The number of aromatic nitrogens is 2. The third kappa shape index (κ3) is 2.96. The molecular weight excluding hydrogens is 276 g/mol. The standard InChI is InChI=1S/C18H20N2O2/c1-3-4-5-6-13-7-9-14(10-8-13)16-11-15-12-20(2)18(21)19-17(15)22-16/h7-12H,3-6H2,1-2H3. The van der Waals surface area contributed by atoms with Gasteiger partial charge in [0.25, 0.3) is 0 Å². The van der Waals surface area contributed by atoms with Crippen LogP contribution in [0.5, 0.6) is 0 Å². The van der Waals surface area contributed by atoms with Crippen molar-refractivity contribution in [3.8, 4) is 11.3 Å². The number of fused-ring (bicyclic) bond motifs is 1. The summed E-state index contributed by atoms with van der Waals surface area (Å²) in [5.74, 6) is 0.744. The predicted molar refractivity (Wildman–Crippen MR) is 87.9 cm³/mol. The van der Waals surface area contributed by atoms with E-state index in [-0.39, 0.29) is 5.69 Å². The van der Waals surface area contributed by atoms with Crippen molar-refractivity contribution in [3.63, 3.8) is 0 Å². The molecule has 0 spiro atoms. The molecule has 4 nitrogen and oxygen atoms in total. The fourth-order valence-electron chi connectivity index (χ4n) is 2.56. The second kappa shape index (κ2) is 6.18. The number of nitrogens with zero attached hydrogens (tertiary/aromatic N) is 2. The normalized spacial score (nSPS) is 11.2. The van der Waals surface area contributed by atoms with Gasteiger partial charge in [0.1, 0.15) is 5.76 Å². The Bertz CT molecular complexity index is 828. The van der Waals surface area contributed by atoms with Gasteiger partial charge in [0, 0.05) is 18.8 Å². The maximum atomic E-state index is 11.5. The quantitative estimate of drug-likeness (QED) is 0.670. The Morgan fingerprint density at radius 3 is 2.68 bits per heavy atom. The highest BCUT2D eigenvalue weighted by Crippen LogP contribution is 2.26. The molecular formula is C18H20N2O2. The lowest BCUT2D eigenvalue weighted by Crippen LogP contribution is -2.18. The first kappa shape index (κ1) is 14.6. The van der Waals surface area contributed by atoms with Crippen LogP contribution in [0.2, 0.25) is 0 Å². The van der Waals surface area contributed by atoms with Crippen LogP contribution in [0, 0.1) is 0 Å². The van der Waals surface area contributed by atoms with Crippen molar-refractivity contribution in [2.24, 2.45) is 7.05 Å². The van der Waals surface area contributed by atoms with E-state index in [0.29, 0.717) is 5.71 Å². The fraction of sp³-hybridized carbons (Fsp3) is 0.333. The van der Waals surface area contributed by atoms with E-state index in [1.54, 1.807) is 13.2 Å². The zero-order chi connectivity index (χ0) is 15.5. The van der Waals surface area contributed by atoms with E-state index in [1.807, 2.05) is 6.07 Å². The van der Waals surface area contributed by atoms with Crippen molar-refractivity contribution >= 4 is 11.1 Å². The minimum Gasteiger partial charge on any atom is -0.437 e. The summed E-state index contributed by atoms with van der Waals surface area (Å²) in [6.45, 7) is 2.21. The third-order valence-corrected chi connectivity index (χ3v) is 3.88. The molecule has 0 aliphatic heterocycles. The summed E-state index contributed by atoms with van der Waals surface area (Å²) < 4.78 is 7.16. The molecule has 0 unspecified atom stereocenters. The Hall–Kier alpha value is -2.36. The molecule has 0 N–H and O–H groups in total. The van der Waals surface area contributed by atoms with E-state index in [9.17, 15) is 4.79 Å². The molecule has 114 valence electrons. The minimum absolute atomic E-state index is 0.306. The largest absolute Gasteiger partial charge is 0.437 e. The van der Waals surface area contributed by atoms with Crippen LogP contribution in [0.4, 0.5) is 0 Å². The molecule has 0 saturated heterocycles. The number of hydrogen-bond acceptors (Lipinski definition) is 3. The molecule has 2 aromatic heterocycles. The monoisotopic (exact) mass is 296 g/mol. The summed E-state index contributed by atoms with van der Waals surface area (Å²) in [5, 5.41) is 0.837. The molecule has 1 aromatic carbocycles. The SMILES string of the molecule is CCCCCc1ccc(-c2cc3cn(C)c(=O)nc3o2)cc1. The summed E-state index contributed by atoms with van der Waals surface area (Å²) in [6.07, 6.45) is 6.60. The minimum atomic E-state index is -0.306. The van der Waals surface area contributed by atoms with Gasteiger partial charge < -0.3 is 8.98 Å². The van der Waals surface area contributed by atoms with Crippen molar-refractivity contribution < 1.29 is 4.42 Å². The second-order valence-electron chi connectivity index (χ2n) is 5.66. The molecule has 0 aliphatic rings. The molecule has 2 heterocycles. The number of aryl methyl sites for hydroxylation is 2.